The Balaban J connectivity index is 1.16. The van der Waals surface area contributed by atoms with Gasteiger partial charge in [0.1, 0.15) is 177 Å². The lowest BCUT2D eigenvalue weighted by molar-refractivity contribution is -0.403. The molecule has 40 heteroatoms. The summed E-state index contributed by atoms with van der Waals surface area (Å²) in [6.45, 7) is 0.283. The van der Waals surface area contributed by atoms with Gasteiger partial charge in [-0.15, -0.1) is 0 Å². The molecule has 8 fully saturated rings. The van der Waals surface area contributed by atoms with Crippen LogP contribution in [-0.2, 0) is 80.6 Å². The molecule has 0 radical (unpaired) electrons. The lowest BCUT2D eigenvalue weighted by atomic mass is 9.93. The SMILES string of the molecule is CC(=O)N[C@H]1[C@H](O[C@H]2[C@H](O)[C@@H](O)C(O)O[C@@H]2CO)O[C@H](CO)[C@@H](O[C@@H]2O[C@H](CO)[C@H](O)[C@H](O[C@@H]3O[C@H](CO)[C@@H](O[C@@H]4O[C@H](CO)[C@H](O)[C@H](O)[C@H]4O[C@@H]4O[C@@H](C)[C@@H](O)[C@@H](O)[C@@H]4O)[C@H](O[C@@H]4O[C@@H](C)[C@@H](O)[C@@H](O)[C@@H]4O)[C@H]3NC(C)=O)[C@H]2O)[C@@H]1O[C@@H]1O[C@@H](C)[C@@H](O)[C@@H](O)[C@@H]1O. The maximum absolute atomic E-state index is 13.4. The van der Waals surface area contributed by atoms with Gasteiger partial charge in [-0.25, -0.2) is 0 Å². The molecule has 8 aliphatic rings. The molecule has 8 rings (SSSR count). The first-order chi connectivity index (χ1) is 43.4. The first kappa shape index (κ1) is 75.3. The average Bonchev–Trinajstić information content (AvgIpc) is 0.768. The molecule has 23 N–H and O–H groups in total. The van der Waals surface area contributed by atoms with E-state index in [-0.39, 0.29) is 0 Å². The summed E-state index contributed by atoms with van der Waals surface area (Å²) in [5.41, 5.74) is 0. The fraction of sp³-hybridized carbons (Fsp3) is 0.962. The quantitative estimate of drug-likeness (QED) is 0.0507. The van der Waals surface area contributed by atoms with Crippen LogP contribution < -0.4 is 10.6 Å². The zero-order chi connectivity index (χ0) is 67.8. The summed E-state index contributed by atoms with van der Waals surface area (Å²) in [5.74, 6) is -1.87. The summed E-state index contributed by atoms with van der Waals surface area (Å²) < 4.78 is 89.8. The van der Waals surface area contributed by atoms with E-state index in [1.165, 1.54) is 20.8 Å². The second-order valence-electron chi connectivity index (χ2n) is 23.8. The maximum Gasteiger partial charge on any atom is 0.217 e. The molecule has 0 spiro atoms. The molecule has 8 aliphatic heterocycles. The minimum atomic E-state index is -2.41. The van der Waals surface area contributed by atoms with E-state index in [4.69, 9.17) is 71.1 Å². The molecule has 2 amide bonds. The molecule has 8 saturated heterocycles. The summed E-state index contributed by atoms with van der Waals surface area (Å²) in [5, 5.41) is 235. The second kappa shape index (κ2) is 32.0. The van der Waals surface area contributed by atoms with Gasteiger partial charge in [0.25, 0.3) is 0 Å². The number of rotatable bonds is 21. The third kappa shape index (κ3) is 15.8. The molecule has 8 heterocycles. The number of hydrogen-bond donors (Lipinski definition) is 23. The lowest BCUT2D eigenvalue weighted by Crippen LogP contribution is -2.72. The molecule has 534 valence electrons. The van der Waals surface area contributed by atoms with Gasteiger partial charge in [0.2, 0.25) is 11.8 Å². The Kier molecular flexibility index (Phi) is 26.2. The van der Waals surface area contributed by atoms with Crippen LogP contribution in [0.15, 0.2) is 0 Å². The number of carbonyl (C=O) groups excluding carboxylic acids is 2. The van der Waals surface area contributed by atoms with Gasteiger partial charge in [0.15, 0.2) is 50.3 Å². The number of nitrogens with one attached hydrogen (secondary N) is 2. The summed E-state index contributed by atoms with van der Waals surface area (Å²) >= 11 is 0. The zero-order valence-electron chi connectivity index (χ0n) is 50.0. The smallest absolute Gasteiger partial charge is 0.217 e. The Morgan fingerprint density at radius 2 is 0.587 bits per heavy atom. The zero-order valence-corrected chi connectivity index (χ0v) is 50.0. The van der Waals surface area contributed by atoms with Gasteiger partial charge in [0.05, 0.1) is 51.3 Å². The van der Waals surface area contributed by atoms with Crippen LogP contribution in [0.4, 0.5) is 0 Å². The van der Waals surface area contributed by atoms with Crippen LogP contribution in [0, 0.1) is 0 Å². The van der Waals surface area contributed by atoms with E-state index >= 15 is 0 Å². The summed E-state index contributed by atoms with van der Waals surface area (Å²) in [6.07, 6.45) is -74.0. The minimum Gasteiger partial charge on any atom is -0.394 e. The van der Waals surface area contributed by atoms with E-state index in [2.05, 4.69) is 10.6 Å². The van der Waals surface area contributed by atoms with Crippen molar-refractivity contribution in [1.29, 1.82) is 0 Å². The number of hydrogen-bond acceptors (Lipinski definition) is 38. The van der Waals surface area contributed by atoms with Gasteiger partial charge < -0.3 is 189 Å². The predicted octanol–water partition coefficient (Wildman–Crippen LogP) is -15.1. The van der Waals surface area contributed by atoms with Crippen LogP contribution in [0.3, 0.4) is 0 Å². The molecule has 0 aromatic heterocycles. The van der Waals surface area contributed by atoms with Crippen LogP contribution in [0.2, 0.25) is 0 Å². The Morgan fingerprint density at radius 1 is 0.283 bits per heavy atom. The number of aliphatic hydroxyl groups is 21. The van der Waals surface area contributed by atoms with Crippen molar-refractivity contribution in [1.82, 2.24) is 10.6 Å². The predicted molar refractivity (Wildman–Crippen MR) is 283 cm³/mol. The fourth-order valence-corrected chi connectivity index (χ4v) is 12.1. The molecule has 0 aromatic carbocycles. The van der Waals surface area contributed by atoms with E-state index in [0.717, 1.165) is 13.8 Å². The van der Waals surface area contributed by atoms with E-state index in [0.29, 0.717) is 0 Å². The van der Waals surface area contributed by atoms with Gasteiger partial charge in [-0.05, 0) is 20.8 Å². The molecule has 1 unspecified atom stereocenters. The van der Waals surface area contributed by atoms with Gasteiger partial charge in [-0.1, -0.05) is 0 Å². The van der Waals surface area contributed by atoms with Crippen molar-refractivity contribution < 1.29 is 188 Å². The third-order valence-electron chi connectivity index (χ3n) is 17.3. The molecule has 0 saturated carbocycles. The normalized spacial score (nSPS) is 52.1. The van der Waals surface area contributed by atoms with Crippen molar-refractivity contribution in [3.05, 3.63) is 0 Å². The summed E-state index contributed by atoms with van der Waals surface area (Å²) in [7, 11) is 0. The van der Waals surface area contributed by atoms with Crippen LogP contribution in [0.25, 0.3) is 0 Å². The maximum atomic E-state index is 13.4. The van der Waals surface area contributed by atoms with Crippen molar-refractivity contribution in [2.75, 3.05) is 33.0 Å². The number of aliphatic hydroxyl groups excluding tert-OH is 21. The highest BCUT2D eigenvalue weighted by Gasteiger charge is 2.61. The minimum absolute atomic E-state index is 0.905. The standard InChI is InChI=1S/C52H88N2O38/c1-11-23(62)28(67)34(73)48(78-11)89-41-21(53-14(4)60)46(86-38-18(8-57)81-45(77)33(72)32(38)71)84-19(9-58)39(41)87-51-37(76)43(27(66)17(7-56)82-51)91-47-22(54-15(5)61)42(90-49-35(74)29(68)24(63)12(2)79-49)40(20(10-59)85-47)88-52-44(31(70)26(65)16(6-55)83-52)92-50-36(75)30(69)25(64)13(3)80-50/h11-13,16-52,55-59,62-77H,6-10H2,1-5H3,(H,53,60)(H,54,61)/t11-,12-,13-,16+,17+,18+,19+,20+,21+,22+,23+,24+,25+,26-,27-,28+,29+,30+,31-,32+,33+,34-,35-,36-,37+,38+,39+,40+,41+,42+,43-,44+,45?,46-,47-,48-,49-,50-,51-,52-/m0/s1. The van der Waals surface area contributed by atoms with Gasteiger partial charge >= 0.3 is 0 Å². The van der Waals surface area contributed by atoms with Crippen molar-refractivity contribution >= 4 is 11.8 Å². The molecule has 0 aromatic rings. The Hall–Kier alpha value is -2.50. The van der Waals surface area contributed by atoms with Crippen molar-refractivity contribution in [3.63, 3.8) is 0 Å². The molecular formula is C52H88N2O38. The van der Waals surface area contributed by atoms with Gasteiger partial charge in [0, 0.05) is 13.8 Å². The summed E-state index contributed by atoms with van der Waals surface area (Å²) in [6, 6.07) is -3.83. The van der Waals surface area contributed by atoms with Crippen molar-refractivity contribution in [2.24, 2.45) is 0 Å². The second-order valence-corrected chi connectivity index (χ2v) is 23.8. The van der Waals surface area contributed by atoms with Crippen LogP contribution in [-0.4, -0.2) is 398 Å². The van der Waals surface area contributed by atoms with E-state index in [9.17, 15) is 117 Å². The molecule has 92 heavy (non-hydrogen) atoms. The Bertz CT molecular complexity index is 2330. The van der Waals surface area contributed by atoms with Crippen LogP contribution in [0.5, 0.6) is 0 Å². The molecular weight excluding hydrogens is 1260 g/mol. The average molecular weight is 1350 g/mol. The van der Waals surface area contributed by atoms with Gasteiger partial charge in [-0.3, -0.25) is 9.59 Å². The fourth-order valence-electron chi connectivity index (χ4n) is 12.1. The molecule has 40 atom stereocenters. The van der Waals surface area contributed by atoms with E-state index < -0.39 is 290 Å². The monoisotopic (exact) mass is 1350 g/mol. The van der Waals surface area contributed by atoms with Crippen molar-refractivity contribution in [3.8, 4) is 0 Å². The largest absolute Gasteiger partial charge is 0.394 e. The van der Waals surface area contributed by atoms with Crippen LogP contribution in [0.1, 0.15) is 34.6 Å². The van der Waals surface area contributed by atoms with Crippen molar-refractivity contribution in [2.45, 2.75) is 280 Å². The highest BCUT2D eigenvalue weighted by atomic mass is 16.8. The third-order valence-corrected chi connectivity index (χ3v) is 17.3. The topological polar surface area (TPSA) is 621 Å². The highest BCUT2D eigenvalue weighted by Crippen LogP contribution is 2.40. The number of amides is 2. The number of carbonyl (C=O) groups is 2. The lowest BCUT2D eigenvalue weighted by Gasteiger charge is -2.52. The van der Waals surface area contributed by atoms with Crippen LogP contribution >= 0.6 is 0 Å². The highest BCUT2D eigenvalue weighted by molar-refractivity contribution is 5.73. The molecule has 0 bridgehead atoms. The Labute approximate surface area is 522 Å². The van der Waals surface area contributed by atoms with E-state index in [1.807, 2.05) is 0 Å². The van der Waals surface area contributed by atoms with E-state index in [1.54, 1.807) is 0 Å². The first-order valence-electron chi connectivity index (χ1n) is 29.7. The Morgan fingerprint density at radius 3 is 0.989 bits per heavy atom. The van der Waals surface area contributed by atoms with Gasteiger partial charge in [-0.2, -0.15) is 0 Å². The molecule has 40 nitrogen and oxygen atoms in total. The first-order valence-corrected chi connectivity index (χ1v) is 29.7. The summed E-state index contributed by atoms with van der Waals surface area (Å²) in [4.78, 5) is 26.5. The number of ether oxygens (including phenoxy) is 15. The molecule has 0 aliphatic carbocycles.